The fraction of sp³-hybridized carbons (Fsp3) is 0.174. The molecule has 0 bridgehead atoms. The van der Waals surface area contributed by atoms with Crippen molar-refractivity contribution in [3.63, 3.8) is 0 Å². The minimum absolute atomic E-state index is 0.237. The summed E-state index contributed by atoms with van der Waals surface area (Å²) in [6.45, 7) is 3.98. The summed E-state index contributed by atoms with van der Waals surface area (Å²) in [6, 6.07) is 12.5. The highest BCUT2D eigenvalue weighted by atomic mass is 16.5. The van der Waals surface area contributed by atoms with Crippen molar-refractivity contribution in [3.05, 3.63) is 87.9 Å². The highest BCUT2D eigenvalue weighted by Gasteiger charge is 2.16. The number of carbonyl (C=O) groups excluding carboxylic acids is 1. The Balaban J connectivity index is 1.73. The number of benzene rings is 1. The Bertz CT molecular complexity index is 1290. The van der Waals surface area contributed by atoms with Crippen LogP contribution in [0.1, 0.15) is 27.4 Å². The number of rotatable bonds is 5. The number of nitrogens with zero attached hydrogens (tertiary/aromatic N) is 2. The van der Waals surface area contributed by atoms with Crippen LogP contribution in [0, 0.1) is 13.8 Å². The number of hydrogen-bond acceptors (Lipinski definition) is 5. The van der Waals surface area contributed by atoms with Gasteiger partial charge in [0.25, 0.3) is 11.5 Å². The summed E-state index contributed by atoms with van der Waals surface area (Å²) in [4.78, 5) is 30.4. The van der Waals surface area contributed by atoms with Gasteiger partial charge in [-0.1, -0.05) is 6.07 Å². The molecular formula is C23H21N3O4. The predicted molar refractivity (Wildman–Crippen MR) is 114 cm³/mol. The van der Waals surface area contributed by atoms with Crippen LogP contribution in [0.4, 0.5) is 5.69 Å². The van der Waals surface area contributed by atoms with Gasteiger partial charge in [0.2, 0.25) is 0 Å². The molecule has 0 radical (unpaired) electrons. The summed E-state index contributed by atoms with van der Waals surface area (Å²) in [5.41, 5.74) is 2.72. The van der Waals surface area contributed by atoms with Crippen LogP contribution >= 0.6 is 0 Å². The van der Waals surface area contributed by atoms with E-state index < -0.39 is 0 Å². The van der Waals surface area contributed by atoms with Crippen molar-refractivity contribution in [3.8, 4) is 5.75 Å². The van der Waals surface area contributed by atoms with Gasteiger partial charge >= 0.3 is 0 Å². The molecule has 1 aromatic carbocycles. The van der Waals surface area contributed by atoms with E-state index in [1.54, 1.807) is 56.8 Å². The molecule has 1 amide bonds. The average Bonchev–Trinajstić information content (AvgIpc) is 3.23. The molecule has 0 atom stereocenters. The minimum Gasteiger partial charge on any atom is -0.495 e. The number of carbonyl (C=O) groups is 1. The Morgan fingerprint density at radius 3 is 2.77 bits per heavy atom. The molecule has 4 rings (SSSR count). The fourth-order valence-electron chi connectivity index (χ4n) is 3.34. The van der Waals surface area contributed by atoms with Gasteiger partial charge in [-0.15, -0.1) is 0 Å². The summed E-state index contributed by atoms with van der Waals surface area (Å²) in [7, 11) is 1.55. The average molecular weight is 403 g/mol. The zero-order chi connectivity index (χ0) is 21.3. The van der Waals surface area contributed by atoms with E-state index in [-0.39, 0.29) is 11.5 Å². The molecule has 7 nitrogen and oxygen atoms in total. The molecule has 4 aromatic rings. The Hall–Kier alpha value is -3.87. The van der Waals surface area contributed by atoms with Crippen LogP contribution in [0.3, 0.4) is 0 Å². The van der Waals surface area contributed by atoms with Crippen LogP contribution in [0.2, 0.25) is 0 Å². The predicted octanol–water partition coefficient (Wildman–Crippen LogP) is 3.92. The Morgan fingerprint density at radius 1 is 1.20 bits per heavy atom. The van der Waals surface area contributed by atoms with E-state index in [9.17, 15) is 9.59 Å². The first-order valence-corrected chi connectivity index (χ1v) is 9.45. The molecule has 0 aliphatic rings. The normalized spacial score (nSPS) is 10.9. The van der Waals surface area contributed by atoms with Crippen molar-refractivity contribution >= 4 is 22.5 Å². The van der Waals surface area contributed by atoms with Crippen molar-refractivity contribution in [1.29, 1.82) is 0 Å². The number of anilines is 1. The van der Waals surface area contributed by atoms with Crippen molar-refractivity contribution in [2.75, 3.05) is 12.4 Å². The maximum Gasteiger partial charge on any atom is 0.260 e. The number of fused-ring (bicyclic) bond motifs is 1. The standard InChI is InChI=1S/C23H21N3O4/c1-14-6-7-21(29-3)20(11-14)25-22(27)17-12-18-19(24-15(17)2)8-9-26(23(18)28)13-16-5-4-10-30-16/h4-12H,13H2,1-3H3,(H,25,27). The van der Waals surface area contributed by atoms with Crippen LogP contribution in [-0.2, 0) is 6.54 Å². The lowest BCUT2D eigenvalue weighted by atomic mass is 10.1. The Labute approximate surface area is 172 Å². The summed E-state index contributed by atoms with van der Waals surface area (Å²) >= 11 is 0. The second kappa shape index (κ2) is 7.87. The number of furan rings is 1. The van der Waals surface area contributed by atoms with Crippen molar-refractivity contribution in [1.82, 2.24) is 9.55 Å². The molecule has 3 aromatic heterocycles. The van der Waals surface area contributed by atoms with Crippen molar-refractivity contribution < 1.29 is 13.9 Å². The van der Waals surface area contributed by atoms with Gasteiger partial charge in [-0.05, 0) is 55.8 Å². The number of aryl methyl sites for hydroxylation is 2. The van der Waals surface area contributed by atoms with Gasteiger partial charge in [0.1, 0.15) is 11.5 Å². The van der Waals surface area contributed by atoms with Crippen LogP contribution in [-0.4, -0.2) is 22.6 Å². The summed E-state index contributed by atoms with van der Waals surface area (Å²) in [5.74, 6) is 0.869. The number of amides is 1. The molecular weight excluding hydrogens is 382 g/mol. The number of pyridine rings is 2. The topological polar surface area (TPSA) is 86.4 Å². The zero-order valence-electron chi connectivity index (χ0n) is 16.9. The number of hydrogen-bond donors (Lipinski definition) is 1. The van der Waals surface area contributed by atoms with E-state index in [0.717, 1.165) is 5.56 Å². The molecule has 0 aliphatic carbocycles. The molecule has 0 fully saturated rings. The van der Waals surface area contributed by atoms with E-state index in [2.05, 4.69) is 10.3 Å². The van der Waals surface area contributed by atoms with E-state index >= 15 is 0 Å². The van der Waals surface area contributed by atoms with E-state index in [0.29, 0.717) is 45.9 Å². The maximum absolute atomic E-state index is 13.0. The first-order chi connectivity index (χ1) is 14.5. The molecule has 0 unspecified atom stereocenters. The molecule has 3 heterocycles. The van der Waals surface area contributed by atoms with Crippen LogP contribution in [0.5, 0.6) is 5.75 Å². The summed E-state index contributed by atoms with van der Waals surface area (Å²) < 4.78 is 12.2. The summed E-state index contributed by atoms with van der Waals surface area (Å²) in [6.07, 6.45) is 3.24. The number of methoxy groups -OCH3 is 1. The van der Waals surface area contributed by atoms with Gasteiger partial charge in [-0.3, -0.25) is 14.6 Å². The lowest BCUT2D eigenvalue weighted by molar-refractivity contribution is 0.102. The van der Waals surface area contributed by atoms with Crippen molar-refractivity contribution in [2.45, 2.75) is 20.4 Å². The largest absolute Gasteiger partial charge is 0.495 e. The van der Waals surface area contributed by atoms with Crippen LogP contribution < -0.4 is 15.6 Å². The molecule has 30 heavy (non-hydrogen) atoms. The number of aromatic nitrogens is 2. The molecule has 0 spiro atoms. The zero-order valence-corrected chi connectivity index (χ0v) is 16.9. The lowest BCUT2D eigenvalue weighted by Gasteiger charge is -2.13. The van der Waals surface area contributed by atoms with Gasteiger partial charge in [-0.25, -0.2) is 0 Å². The summed E-state index contributed by atoms with van der Waals surface area (Å²) in [5, 5.41) is 3.24. The second-order valence-electron chi connectivity index (χ2n) is 7.04. The molecule has 1 N–H and O–H groups in total. The molecule has 152 valence electrons. The van der Waals surface area contributed by atoms with E-state index in [1.807, 2.05) is 19.1 Å². The van der Waals surface area contributed by atoms with Gasteiger partial charge in [0.15, 0.2) is 0 Å². The van der Waals surface area contributed by atoms with E-state index in [1.165, 1.54) is 4.57 Å². The smallest absolute Gasteiger partial charge is 0.260 e. The first kappa shape index (κ1) is 19.4. The maximum atomic E-state index is 13.0. The highest BCUT2D eigenvalue weighted by Crippen LogP contribution is 2.26. The molecule has 0 saturated carbocycles. The van der Waals surface area contributed by atoms with E-state index in [4.69, 9.17) is 9.15 Å². The van der Waals surface area contributed by atoms with Gasteiger partial charge < -0.3 is 19.0 Å². The molecule has 0 saturated heterocycles. The van der Waals surface area contributed by atoms with Crippen molar-refractivity contribution in [2.24, 2.45) is 0 Å². The first-order valence-electron chi connectivity index (χ1n) is 9.45. The number of ether oxygens (including phenoxy) is 1. The molecule has 0 aliphatic heterocycles. The third-order valence-corrected chi connectivity index (χ3v) is 4.90. The minimum atomic E-state index is -0.355. The quantitative estimate of drug-likeness (QED) is 0.546. The van der Waals surface area contributed by atoms with Crippen LogP contribution in [0.15, 0.2) is 64.1 Å². The Kier molecular flexibility index (Phi) is 5.10. The second-order valence-corrected chi connectivity index (χ2v) is 7.04. The fourth-order valence-corrected chi connectivity index (χ4v) is 3.34. The van der Waals surface area contributed by atoms with Gasteiger partial charge in [0.05, 0.1) is 47.8 Å². The monoisotopic (exact) mass is 403 g/mol. The lowest BCUT2D eigenvalue weighted by Crippen LogP contribution is -2.22. The van der Waals surface area contributed by atoms with Crippen LogP contribution in [0.25, 0.3) is 10.9 Å². The highest BCUT2D eigenvalue weighted by molar-refractivity contribution is 6.07. The molecule has 7 heteroatoms. The third-order valence-electron chi connectivity index (χ3n) is 4.90. The SMILES string of the molecule is COc1ccc(C)cc1NC(=O)c1cc2c(=O)n(Cc3ccco3)ccc2nc1C. The number of nitrogens with one attached hydrogen (secondary N) is 1. The van der Waals surface area contributed by atoms with Gasteiger partial charge in [-0.2, -0.15) is 0 Å². The Morgan fingerprint density at radius 2 is 2.03 bits per heavy atom. The third kappa shape index (κ3) is 3.69. The van der Waals surface area contributed by atoms with Gasteiger partial charge in [0, 0.05) is 6.20 Å².